The first-order valence-corrected chi connectivity index (χ1v) is 8.62. The Morgan fingerprint density at radius 2 is 2.16 bits per heavy atom. The van der Waals surface area contributed by atoms with Crippen molar-refractivity contribution < 1.29 is 9.53 Å². The van der Waals surface area contributed by atoms with E-state index in [0.717, 1.165) is 47.4 Å². The number of benzene rings is 1. The van der Waals surface area contributed by atoms with Gasteiger partial charge in [-0.05, 0) is 26.1 Å². The van der Waals surface area contributed by atoms with Gasteiger partial charge in [-0.25, -0.2) is 4.98 Å². The largest absolute Gasteiger partial charge is 0.488 e. The first-order valence-electron chi connectivity index (χ1n) is 8.62. The van der Waals surface area contributed by atoms with E-state index in [9.17, 15) is 4.79 Å². The van der Waals surface area contributed by atoms with Crippen molar-refractivity contribution in [1.82, 2.24) is 9.88 Å². The van der Waals surface area contributed by atoms with Crippen LogP contribution in [0.1, 0.15) is 25.5 Å². The average Bonchev–Trinajstić information content (AvgIpc) is 3.24. The maximum atomic E-state index is 11.8. The number of nitrogens with zero attached hydrogens (tertiary/aromatic N) is 3. The van der Waals surface area contributed by atoms with Crippen LogP contribution in [0.25, 0.3) is 16.6 Å². The van der Waals surface area contributed by atoms with Crippen LogP contribution in [-0.4, -0.2) is 47.6 Å². The van der Waals surface area contributed by atoms with Crippen LogP contribution in [0.2, 0.25) is 0 Å². The summed E-state index contributed by atoms with van der Waals surface area (Å²) in [6.45, 7) is 2.39. The lowest BCUT2D eigenvalue weighted by Crippen LogP contribution is -2.31. The number of aromatic nitrogens is 1. The molecule has 0 bridgehead atoms. The molecule has 2 aliphatic rings. The zero-order valence-corrected chi connectivity index (χ0v) is 14.5. The summed E-state index contributed by atoms with van der Waals surface area (Å²) in [5.41, 5.74) is 2.62. The van der Waals surface area contributed by atoms with Crippen LogP contribution in [-0.2, 0) is 4.79 Å². The van der Waals surface area contributed by atoms with Gasteiger partial charge in [0.2, 0.25) is 0 Å². The highest BCUT2D eigenvalue weighted by Crippen LogP contribution is 2.32. The maximum absolute atomic E-state index is 11.8. The molecule has 4 rings (SSSR count). The molecule has 3 heterocycles. The number of aliphatic imine (C=N–C) groups is 1. The SMILES string of the molecule is CC(=O)C1CC(Oc2cc(C3=CCC=N3)nc3ccccc23)CN1C. The number of allylic oxidation sites excluding steroid dienone is 1. The van der Waals surface area contributed by atoms with Crippen LogP contribution >= 0.6 is 0 Å². The van der Waals surface area contributed by atoms with Gasteiger partial charge in [0, 0.05) is 37.1 Å². The van der Waals surface area contributed by atoms with Crippen molar-refractivity contribution in [3.05, 3.63) is 42.1 Å². The number of pyridine rings is 1. The number of hydrogen-bond donors (Lipinski definition) is 0. The summed E-state index contributed by atoms with van der Waals surface area (Å²) >= 11 is 0. The first kappa shape index (κ1) is 16.0. The van der Waals surface area contributed by atoms with Crippen LogP contribution in [0.5, 0.6) is 5.75 Å². The van der Waals surface area contributed by atoms with E-state index < -0.39 is 0 Å². The standard InChI is InChI=1S/C20H21N3O2/c1-13(24)19-10-14(12-23(19)2)25-20-11-18(17-8-5-9-21-17)22-16-7-4-3-6-15(16)20/h3-4,6-9,11,14,19H,5,10,12H2,1-2H3. The van der Waals surface area contributed by atoms with Crippen molar-refractivity contribution >= 4 is 28.6 Å². The molecular formula is C20H21N3O2. The highest BCUT2D eigenvalue weighted by molar-refractivity contribution is 5.89. The molecule has 0 saturated carbocycles. The number of Topliss-reactive ketones (excluding diaryl/α,β-unsaturated/α-hetero) is 1. The molecular weight excluding hydrogens is 314 g/mol. The lowest BCUT2D eigenvalue weighted by Gasteiger charge is -2.16. The molecule has 1 aromatic carbocycles. The summed E-state index contributed by atoms with van der Waals surface area (Å²) in [5, 5.41) is 0.989. The van der Waals surface area contributed by atoms with E-state index in [2.05, 4.69) is 16.0 Å². The van der Waals surface area contributed by atoms with Crippen molar-refractivity contribution in [2.75, 3.05) is 13.6 Å². The van der Waals surface area contributed by atoms with Gasteiger partial charge in [-0.15, -0.1) is 0 Å². The Labute approximate surface area is 147 Å². The van der Waals surface area contributed by atoms with Crippen LogP contribution < -0.4 is 4.74 Å². The second-order valence-electron chi connectivity index (χ2n) is 6.70. The molecule has 5 heteroatoms. The number of ketones is 1. The number of carbonyl (C=O) groups is 1. The molecule has 0 aliphatic carbocycles. The molecule has 5 nitrogen and oxygen atoms in total. The lowest BCUT2D eigenvalue weighted by atomic mass is 10.1. The Kier molecular flexibility index (Phi) is 4.09. The van der Waals surface area contributed by atoms with E-state index >= 15 is 0 Å². The molecule has 128 valence electrons. The molecule has 2 unspecified atom stereocenters. The molecule has 25 heavy (non-hydrogen) atoms. The van der Waals surface area contributed by atoms with Crippen LogP contribution in [0, 0.1) is 0 Å². The van der Waals surface area contributed by atoms with Crippen LogP contribution in [0.15, 0.2) is 41.4 Å². The predicted octanol–water partition coefficient (Wildman–Crippen LogP) is 3.09. The summed E-state index contributed by atoms with van der Waals surface area (Å²) < 4.78 is 6.33. The monoisotopic (exact) mass is 335 g/mol. The third-order valence-electron chi connectivity index (χ3n) is 4.86. The molecule has 2 aromatic rings. The van der Waals surface area contributed by atoms with Crippen molar-refractivity contribution in [2.45, 2.75) is 31.9 Å². The van der Waals surface area contributed by atoms with E-state index in [1.165, 1.54) is 0 Å². The first-order chi connectivity index (χ1) is 12.1. The van der Waals surface area contributed by atoms with Gasteiger partial charge in [-0.1, -0.05) is 18.2 Å². The second kappa shape index (κ2) is 6.41. The van der Waals surface area contributed by atoms with Gasteiger partial charge in [0.1, 0.15) is 17.6 Å². The quantitative estimate of drug-likeness (QED) is 0.861. The van der Waals surface area contributed by atoms with Crippen molar-refractivity contribution in [3.63, 3.8) is 0 Å². The minimum atomic E-state index is -0.0558. The summed E-state index contributed by atoms with van der Waals surface area (Å²) in [7, 11) is 1.98. The molecule has 2 aliphatic heterocycles. The van der Waals surface area contributed by atoms with Crippen LogP contribution in [0.3, 0.4) is 0 Å². The highest BCUT2D eigenvalue weighted by atomic mass is 16.5. The van der Waals surface area contributed by atoms with Gasteiger partial charge in [0.25, 0.3) is 0 Å². The molecule has 0 amide bonds. The van der Waals surface area contributed by atoms with E-state index in [4.69, 9.17) is 9.72 Å². The normalized spacial score (nSPS) is 23.2. The minimum absolute atomic E-state index is 0.00128. The smallest absolute Gasteiger partial charge is 0.147 e. The number of likely N-dealkylation sites (tertiary alicyclic amines) is 1. The molecule has 2 atom stereocenters. The third kappa shape index (κ3) is 3.07. The van der Waals surface area contributed by atoms with E-state index in [0.29, 0.717) is 0 Å². The Bertz CT molecular complexity index is 888. The fourth-order valence-corrected chi connectivity index (χ4v) is 3.60. The van der Waals surface area contributed by atoms with Crippen molar-refractivity contribution in [1.29, 1.82) is 0 Å². The van der Waals surface area contributed by atoms with Gasteiger partial charge in [-0.3, -0.25) is 14.7 Å². The molecule has 1 aromatic heterocycles. The fourth-order valence-electron chi connectivity index (χ4n) is 3.60. The number of carbonyl (C=O) groups excluding carboxylic acids is 1. The topological polar surface area (TPSA) is 54.8 Å². The van der Waals surface area contributed by atoms with Crippen molar-refractivity contribution in [3.8, 4) is 5.75 Å². The van der Waals surface area contributed by atoms with Gasteiger partial charge in [0.05, 0.1) is 22.9 Å². The summed E-state index contributed by atoms with van der Waals surface area (Å²) in [5.74, 6) is 1.01. The highest BCUT2D eigenvalue weighted by Gasteiger charge is 2.34. The Morgan fingerprint density at radius 1 is 1.32 bits per heavy atom. The van der Waals surface area contributed by atoms with Gasteiger partial charge < -0.3 is 4.74 Å². The molecule has 1 saturated heterocycles. The third-order valence-corrected chi connectivity index (χ3v) is 4.86. The number of ether oxygens (including phenoxy) is 1. The number of fused-ring (bicyclic) bond motifs is 1. The number of rotatable bonds is 4. The van der Waals surface area contributed by atoms with Crippen molar-refractivity contribution in [2.24, 2.45) is 4.99 Å². The van der Waals surface area contributed by atoms with E-state index in [1.54, 1.807) is 6.92 Å². The van der Waals surface area contributed by atoms with E-state index in [-0.39, 0.29) is 17.9 Å². The van der Waals surface area contributed by atoms with Crippen LogP contribution in [0.4, 0.5) is 0 Å². The molecule has 0 N–H and O–H groups in total. The molecule has 0 spiro atoms. The van der Waals surface area contributed by atoms with Gasteiger partial charge in [-0.2, -0.15) is 0 Å². The zero-order chi connectivity index (χ0) is 17.4. The Balaban J connectivity index is 1.69. The predicted molar refractivity (Wildman–Crippen MR) is 99.0 cm³/mol. The zero-order valence-electron chi connectivity index (χ0n) is 14.5. The van der Waals surface area contributed by atoms with Gasteiger partial charge >= 0.3 is 0 Å². The Morgan fingerprint density at radius 3 is 2.88 bits per heavy atom. The summed E-state index contributed by atoms with van der Waals surface area (Å²) in [6, 6.07) is 9.89. The second-order valence-corrected chi connectivity index (χ2v) is 6.70. The average molecular weight is 335 g/mol. The van der Waals surface area contributed by atoms with Gasteiger partial charge in [0.15, 0.2) is 0 Å². The number of likely N-dealkylation sites (N-methyl/N-ethyl adjacent to an activating group) is 1. The molecule has 0 radical (unpaired) electrons. The summed E-state index contributed by atoms with van der Waals surface area (Å²) in [4.78, 5) is 23.0. The lowest BCUT2D eigenvalue weighted by molar-refractivity contribution is -0.120. The van der Waals surface area contributed by atoms with E-state index in [1.807, 2.05) is 43.6 Å². The fraction of sp³-hybridized carbons (Fsp3) is 0.350. The maximum Gasteiger partial charge on any atom is 0.147 e. The number of hydrogen-bond acceptors (Lipinski definition) is 5. The Hall–Kier alpha value is -2.53. The number of para-hydroxylation sites is 1. The molecule has 1 fully saturated rings. The summed E-state index contributed by atoms with van der Waals surface area (Å²) in [6.07, 6.45) is 5.51. The minimum Gasteiger partial charge on any atom is -0.488 e.